The largest absolute Gasteiger partial charge is 0.326 e. The summed E-state index contributed by atoms with van der Waals surface area (Å²) in [6.07, 6.45) is 4.68. The Hall–Kier alpha value is -2.67. The van der Waals surface area contributed by atoms with Gasteiger partial charge in [0, 0.05) is 29.1 Å². The van der Waals surface area contributed by atoms with Crippen molar-refractivity contribution in [3.63, 3.8) is 0 Å². The van der Waals surface area contributed by atoms with Crippen LogP contribution in [0.25, 0.3) is 16.8 Å². The first-order valence-electron chi connectivity index (χ1n) is 10.8. The molecule has 0 radical (unpaired) electrons. The van der Waals surface area contributed by atoms with Gasteiger partial charge in [-0.1, -0.05) is 90.5 Å². The van der Waals surface area contributed by atoms with E-state index in [-0.39, 0.29) is 11.8 Å². The van der Waals surface area contributed by atoms with E-state index >= 15 is 0 Å². The quantitative estimate of drug-likeness (QED) is 0.210. The molecule has 3 aromatic rings. The summed E-state index contributed by atoms with van der Waals surface area (Å²) in [6.45, 7) is 0.563. The number of halogens is 1. The minimum atomic E-state index is -0.0614. The fraction of sp³-hybridized carbons (Fsp3) is 0.192. The van der Waals surface area contributed by atoms with Crippen LogP contribution in [-0.4, -0.2) is 27.6 Å². The lowest BCUT2D eigenvalue weighted by atomic mass is 10.1. The van der Waals surface area contributed by atoms with Crippen molar-refractivity contribution in [1.82, 2.24) is 4.90 Å². The topological polar surface area (TPSA) is 49.4 Å². The average molecular weight is 495 g/mol. The summed E-state index contributed by atoms with van der Waals surface area (Å²) in [5.41, 5.74) is 1.75. The Morgan fingerprint density at radius 2 is 1.76 bits per heavy atom. The number of nitrogens with one attached hydrogen (secondary N) is 1. The second-order valence-electron chi connectivity index (χ2n) is 7.77. The van der Waals surface area contributed by atoms with Gasteiger partial charge < -0.3 is 5.32 Å². The number of anilines is 1. The number of fused-ring (bicyclic) bond motifs is 1. The normalized spacial score (nSPS) is 14.9. The van der Waals surface area contributed by atoms with Crippen molar-refractivity contribution in [2.75, 3.05) is 11.9 Å². The second kappa shape index (κ2) is 11.0. The molecule has 4 rings (SSSR count). The van der Waals surface area contributed by atoms with Gasteiger partial charge in [0.2, 0.25) is 5.91 Å². The van der Waals surface area contributed by atoms with Gasteiger partial charge in [-0.05, 0) is 48.1 Å². The average Bonchev–Trinajstić information content (AvgIpc) is 3.08. The predicted molar refractivity (Wildman–Crippen MR) is 142 cm³/mol. The fourth-order valence-electron chi connectivity index (χ4n) is 3.68. The van der Waals surface area contributed by atoms with Gasteiger partial charge in [-0.25, -0.2) is 0 Å². The van der Waals surface area contributed by atoms with Gasteiger partial charge in [-0.15, -0.1) is 0 Å². The minimum Gasteiger partial charge on any atom is -0.326 e. The third-order valence-corrected chi connectivity index (χ3v) is 7.02. The molecule has 33 heavy (non-hydrogen) atoms. The molecule has 1 N–H and O–H groups in total. The number of carbonyl (C=O) groups is 2. The number of thioether (sulfide) groups is 1. The number of rotatable bonds is 8. The molecule has 0 aliphatic carbocycles. The van der Waals surface area contributed by atoms with E-state index in [0.717, 1.165) is 41.3 Å². The number of unbranched alkanes of at least 4 members (excludes halogenated alkanes) is 2. The van der Waals surface area contributed by atoms with E-state index in [9.17, 15) is 9.59 Å². The molecule has 3 aromatic carbocycles. The van der Waals surface area contributed by atoms with Crippen molar-refractivity contribution >= 4 is 74.3 Å². The highest BCUT2D eigenvalue weighted by Gasteiger charge is 2.31. The van der Waals surface area contributed by atoms with E-state index in [1.165, 1.54) is 11.8 Å². The molecule has 1 aliphatic heterocycles. The Bertz CT molecular complexity index is 1220. The minimum absolute atomic E-state index is 0.00265. The van der Waals surface area contributed by atoms with Gasteiger partial charge in [0.1, 0.15) is 4.32 Å². The zero-order chi connectivity index (χ0) is 23.2. The number of thiocarbonyl (C=S) groups is 1. The van der Waals surface area contributed by atoms with Crippen molar-refractivity contribution in [3.05, 3.63) is 82.2 Å². The van der Waals surface area contributed by atoms with Crippen molar-refractivity contribution < 1.29 is 9.59 Å². The summed E-state index contributed by atoms with van der Waals surface area (Å²) in [4.78, 5) is 27.4. The summed E-state index contributed by atoms with van der Waals surface area (Å²) in [7, 11) is 0. The van der Waals surface area contributed by atoms with Crippen molar-refractivity contribution in [2.45, 2.75) is 25.7 Å². The first kappa shape index (κ1) is 23.5. The molecule has 2 amide bonds. The number of hydrogen-bond acceptors (Lipinski definition) is 4. The Morgan fingerprint density at radius 1 is 1.00 bits per heavy atom. The van der Waals surface area contributed by atoms with Gasteiger partial charge in [-0.2, -0.15) is 0 Å². The third kappa shape index (κ3) is 6.02. The number of carbonyl (C=O) groups excluding carboxylic acids is 2. The summed E-state index contributed by atoms with van der Waals surface area (Å²) < 4.78 is 0.578. The van der Waals surface area contributed by atoms with E-state index < -0.39 is 0 Å². The van der Waals surface area contributed by atoms with E-state index in [2.05, 4.69) is 5.32 Å². The number of benzene rings is 3. The Balaban J connectivity index is 1.22. The summed E-state index contributed by atoms with van der Waals surface area (Å²) in [6, 6.07) is 21.2. The molecule has 1 aliphatic rings. The van der Waals surface area contributed by atoms with Gasteiger partial charge in [0.15, 0.2) is 0 Å². The van der Waals surface area contributed by atoms with Gasteiger partial charge in [0.05, 0.1) is 4.91 Å². The Kier molecular flexibility index (Phi) is 7.81. The second-order valence-corrected chi connectivity index (χ2v) is 9.88. The first-order chi connectivity index (χ1) is 16.0. The summed E-state index contributed by atoms with van der Waals surface area (Å²) in [5.74, 6) is -0.0588. The SMILES string of the molecule is O=C(CCCCCN1C(=O)C(=Cc2ccc(Cl)cc2)SC1=S)Nc1cccc2ccccc12. The third-order valence-electron chi connectivity index (χ3n) is 5.39. The van der Waals surface area contributed by atoms with Crippen LogP contribution in [0.5, 0.6) is 0 Å². The summed E-state index contributed by atoms with van der Waals surface area (Å²) >= 11 is 12.7. The van der Waals surface area contributed by atoms with E-state index in [1.54, 1.807) is 17.0 Å². The maximum Gasteiger partial charge on any atom is 0.266 e. The first-order valence-corrected chi connectivity index (χ1v) is 12.4. The molecule has 4 nitrogen and oxygen atoms in total. The lowest BCUT2D eigenvalue weighted by molar-refractivity contribution is -0.122. The van der Waals surface area contributed by atoms with Crippen LogP contribution in [-0.2, 0) is 9.59 Å². The van der Waals surface area contributed by atoms with Crippen LogP contribution < -0.4 is 5.32 Å². The molecule has 1 saturated heterocycles. The molecule has 7 heteroatoms. The van der Waals surface area contributed by atoms with Gasteiger partial charge in [0.25, 0.3) is 5.91 Å². The van der Waals surface area contributed by atoms with E-state index in [1.807, 2.05) is 60.7 Å². The predicted octanol–water partition coefficient (Wildman–Crippen LogP) is 6.89. The monoisotopic (exact) mass is 494 g/mol. The highest BCUT2D eigenvalue weighted by molar-refractivity contribution is 8.26. The zero-order valence-corrected chi connectivity index (χ0v) is 20.3. The molecule has 0 spiro atoms. The smallest absolute Gasteiger partial charge is 0.266 e. The molecule has 0 aromatic heterocycles. The van der Waals surface area contributed by atoms with E-state index in [4.69, 9.17) is 23.8 Å². The maximum atomic E-state index is 12.7. The molecule has 0 saturated carbocycles. The highest BCUT2D eigenvalue weighted by atomic mass is 35.5. The van der Waals surface area contributed by atoms with Crippen LogP contribution in [0.1, 0.15) is 31.2 Å². The van der Waals surface area contributed by atoms with Crippen molar-refractivity contribution in [3.8, 4) is 0 Å². The molecule has 0 atom stereocenters. The zero-order valence-electron chi connectivity index (χ0n) is 17.9. The lowest BCUT2D eigenvalue weighted by Crippen LogP contribution is -2.29. The maximum absolute atomic E-state index is 12.7. The van der Waals surface area contributed by atoms with Crippen LogP contribution >= 0.6 is 35.6 Å². The van der Waals surface area contributed by atoms with Gasteiger partial charge >= 0.3 is 0 Å². The molecular weight excluding hydrogens is 472 g/mol. The Morgan fingerprint density at radius 3 is 2.58 bits per heavy atom. The molecule has 1 fully saturated rings. The highest BCUT2D eigenvalue weighted by Crippen LogP contribution is 2.33. The van der Waals surface area contributed by atoms with Crippen molar-refractivity contribution in [1.29, 1.82) is 0 Å². The van der Waals surface area contributed by atoms with Gasteiger partial charge in [-0.3, -0.25) is 14.5 Å². The number of amides is 2. The van der Waals surface area contributed by atoms with Crippen LogP contribution in [0.4, 0.5) is 5.69 Å². The van der Waals surface area contributed by atoms with Crippen LogP contribution in [0.15, 0.2) is 71.6 Å². The number of nitrogens with zero attached hydrogens (tertiary/aromatic N) is 1. The standard InChI is InChI=1S/C26H23ClN2O2S2/c27-20-14-12-18(13-15-20)17-23-25(31)29(26(32)33-23)16-5-1-2-11-24(30)28-22-10-6-8-19-7-3-4-9-21(19)22/h3-4,6-10,12-15,17H,1-2,5,11,16H2,(H,28,30). The summed E-state index contributed by atoms with van der Waals surface area (Å²) in [5, 5.41) is 5.82. The van der Waals surface area contributed by atoms with Crippen molar-refractivity contribution in [2.24, 2.45) is 0 Å². The van der Waals surface area contributed by atoms with Crippen LogP contribution in [0.3, 0.4) is 0 Å². The molecule has 168 valence electrons. The molecular formula is C26H23ClN2O2S2. The van der Waals surface area contributed by atoms with Crippen LogP contribution in [0, 0.1) is 0 Å². The molecule has 1 heterocycles. The fourth-order valence-corrected chi connectivity index (χ4v) is 5.12. The Labute approximate surface area is 208 Å². The lowest BCUT2D eigenvalue weighted by Gasteiger charge is -2.14. The van der Waals surface area contributed by atoms with E-state index in [0.29, 0.717) is 27.2 Å². The number of hydrogen-bond donors (Lipinski definition) is 1. The molecule has 0 bridgehead atoms. The molecule has 0 unspecified atom stereocenters. The van der Waals surface area contributed by atoms with Crippen LogP contribution in [0.2, 0.25) is 5.02 Å².